The van der Waals surface area contributed by atoms with Crippen LogP contribution in [-0.2, 0) is 16.4 Å². The third-order valence-corrected chi connectivity index (χ3v) is 10.7. The van der Waals surface area contributed by atoms with Crippen molar-refractivity contribution in [3.05, 3.63) is 118 Å². The standard InChI is InChI=1S/C39H41ClF2N4O2S/c1-25(2)46-27(4)39(49(5,47)48)37(38(46)29-7-9-31(40)10-8-29)30-21-32(41)23-35(22-30)45-18-16-44(17-19-45)34-13-11-33(12-14-34)43-24-28-6-15-36(42)26(3)20-28/h6-15,20-23,25,43H,16-19,24H2,1-5H3. The maximum atomic E-state index is 15.5. The predicted molar refractivity (Wildman–Crippen MR) is 198 cm³/mol. The van der Waals surface area contributed by atoms with Crippen molar-refractivity contribution in [2.24, 2.45) is 0 Å². The molecule has 1 aliphatic heterocycles. The molecule has 1 aliphatic rings. The molecule has 0 saturated carbocycles. The van der Waals surface area contributed by atoms with E-state index in [1.807, 2.05) is 61.7 Å². The van der Waals surface area contributed by atoms with E-state index in [0.717, 1.165) is 41.3 Å². The molecule has 0 radical (unpaired) electrons. The molecule has 4 aromatic carbocycles. The smallest absolute Gasteiger partial charge is 0.177 e. The lowest BCUT2D eigenvalue weighted by Crippen LogP contribution is -2.46. The minimum atomic E-state index is -3.68. The van der Waals surface area contributed by atoms with Crippen LogP contribution in [0.2, 0.25) is 5.02 Å². The van der Waals surface area contributed by atoms with E-state index in [0.29, 0.717) is 52.7 Å². The maximum absolute atomic E-state index is 15.5. The van der Waals surface area contributed by atoms with Gasteiger partial charge in [0.25, 0.3) is 0 Å². The first-order chi connectivity index (χ1) is 23.3. The Morgan fingerprint density at radius 1 is 0.796 bits per heavy atom. The van der Waals surface area contributed by atoms with Gasteiger partial charge in [-0.3, -0.25) is 0 Å². The van der Waals surface area contributed by atoms with Crippen molar-refractivity contribution >= 4 is 38.5 Å². The van der Waals surface area contributed by atoms with Gasteiger partial charge in [0.1, 0.15) is 11.6 Å². The van der Waals surface area contributed by atoms with E-state index in [-0.39, 0.29) is 16.8 Å². The molecule has 0 bridgehead atoms. The van der Waals surface area contributed by atoms with Crippen LogP contribution in [0.1, 0.15) is 36.7 Å². The molecule has 6 nitrogen and oxygen atoms in total. The fraction of sp³-hybridized carbons (Fsp3) is 0.282. The number of nitrogens with zero attached hydrogens (tertiary/aromatic N) is 3. The van der Waals surface area contributed by atoms with Gasteiger partial charge in [0.15, 0.2) is 9.84 Å². The summed E-state index contributed by atoms with van der Waals surface area (Å²) in [7, 11) is -3.68. The second-order valence-corrected chi connectivity index (χ2v) is 15.4. The zero-order valence-corrected chi connectivity index (χ0v) is 30.0. The Hall–Kier alpha value is -4.34. The topological polar surface area (TPSA) is 57.6 Å². The summed E-state index contributed by atoms with van der Waals surface area (Å²) in [5, 5.41) is 3.98. The Kier molecular flexibility index (Phi) is 9.78. The van der Waals surface area contributed by atoms with Gasteiger partial charge in [-0.1, -0.05) is 35.9 Å². The molecule has 1 N–H and O–H groups in total. The van der Waals surface area contributed by atoms with Crippen LogP contribution in [0.4, 0.5) is 25.8 Å². The predicted octanol–water partition coefficient (Wildman–Crippen LogP) is 9.29. The number of piperazine rings is 1. The van der Waals surface area contributed by atoms with E-state index in [2.05, 4.69) is 27.2 Å². The fourth-order valence-corrected chi connectivity index (χ4v) is 8.23. The lowest BCUT2D eigenvalue weighted by molar-refractivity contribution is 0.583. The summed E-state index contributed by atoms with van der Waals surface area (Å²) < 4.78 is 57.8. The van der Waals surface area contributed by atoms with Crippen molar-refractivity contribution in [2.75, 3.05) is 47.6 Å². The zero-order valence-electron chi connectivity index (χ0n) is 28.4. The van der Waals surface area contributed by atoms with Gasteiger partial charge in [0.2, 0.25) is 0 Å². The number of benzene rings is 4. The number of sulfone groups is 1. The van der Waals surface area contributed by atoms with Crippen molar-refractivity contribution in [1.29, 1.82) is 0 Å². The molecule has 0 unspecified atom stereocenters. The fourth-order valence-electron chi connectivity index (χ4n) is 6.88. The molecule has 0 amide bonds. The third kappa shape index (κ3) is 7.33. The first-order valence-electron chi connectivity index (χ1n) is 16.4. The van der Waals surface area contributed by atoms with Crippen LogP contribution >= 0.6 is 11.6 Å². The van der Waals surface area contributed by atoms with Gasteiger partial charge in [0, 0.05) is 78.4 Å². The number of hydrogen-bond acceptors (Lipinski definition) is 5. The minimum absolute atomic E-state index is 0.0510. The van der Waals surface area contributed by atoms with Crippen molar-refractivity contribution in [1.82, 2.24) is 4.57 Å². The summed E-state index contributed by atoms with van der Waals surface area (Å²) in [6.07, 6.45) is 1.21. The quantitative estimate of drug-likeness (QED) is 0.166. The van der Waals surface area contributed by atoms with Gasteiger partial charge in [0.05, 0.1) is 10.6 Å². The van der Waals surface area contributed by atoms with Crippen LogP contribution in [0.5, 0.6) is 0 Å². The van der Waals surface area contributed by atoms with E-state index < -0.39 is 15.7 Å². The van der Waals surface area contributed by atoms with Gasteiger partial charge in [-0.15, -0.1) is 0 Å². The number of halogens is 3. The summed E-state index contributed by atoms with van der Waals surface area (Å²) in [5.74, 6) is -0.628. The number of aromatic nitrogens is 1. The van der Waals surface area contributed by atoms with Crippen molar-refractivity contribution in [2.45, 2.75) is 45.2 Å². The van der Waals surface area contributed by atoms with Crippen molar-refractivity contribution < 1.29 is 17.2 Å². The SMILES string of the molecule is Cc1cc(CNc2ccc(N3CCN(c4cc(F)cc(-c5c(S(C)(=O)=O)c(C)n(C(C)C)c5-c5ccc(Cl)cc5)c4)CC3)cc2)ccc1F. The normalized spacial score (nSPS) is 13.7. The maximum Gasteiger partial charge on any atom is 0.177 e. The largest absolute Gasteiger partial charge is 0.381 e. The van der Waals surface area contributed by atoms with Gasteiger partial charge in [-0.25, -0.2) is 17.2 Å². The molecule has 0 atom stereocenters. The highest BCUT2D eigenvalue weighted by atomic mass is 35.5. The van der Waals surface area contributed by atoms with E-state index in [1.54, 1.807) is 25.1 Å². The van der Waals surface area contributed by atoms with Gasteiger partial charge in [-0.2, -0.15) is 0 Å². The van der Waals surface area contributed by atoms with Crippen LogP contribution in [-0.4, -0.2) is 45.4 Å². The second kappa shape index (κ2) is 13.9. The van der Waals surface area contributed by atoms with Gasteiger partial charge < -0.3 is 19.7 Å². The average molecular weight is 703 g/mol. The summed E-state index contributed by atoms with van der Waals surface area (Å²) in [4.78, 5) is 4.66. The van der Waals surface area contributed by atoms with Crippen LogP contribution in [0, 0.1) is 25.5 Å². The second-order valence-electron chi connectivity index (χ2n) is 13.0. The van der Waals surface area contributed by atoms with Crippen molar-refractivity contribution in [3.63, 3.8) is 0 Å². The summed E-state index contributed by atoms with van der Waals surface area (Å²) in [5.41, 5.74) is 7.58. The molecule has 5 aromatic rings. The van der Waals surface area contributed by atoms with E-state index in [1.165, 1.54) is 24.5 Å². The van der Waals surface area contributed by atoms with Crippen LogP contribution < -0.4 is 15.1 Å². The van der Waals surface area contributed by atoms with Gasteiger partial charge in [-0.05, 0) is 111 Å². The zero-order chi connectivity index (χ0) is 35.0. The summed E-state index contributed by atoms with van der Waals surface area (Å²) >= 11 is 6.22. The highest BCUT2D eigenvalue weighted by molar-refractivity contribution is 7.91. The summed E-state index contributed by atoms with van der Waals surface area (Å²) in [6.45, 7) is 11.0. The van der Waals surface area contributed by atoms with E-state index in [4.69, 9.17) is 11.6 Å². The minimum Gasteiger partial charge on any atom is -0.381 e. The highest BCUT2D eigenvalue weighted by Crippen LogP contribution is 2.44. The van der Waals surface area contributed by atoms with E-state index >= 15 is 4.39 Å². The van der Waals surface area contributed by atoms with Crippen molar-refractivity contribution in [3.8, 4) is 22.4 Å². The van der Waals surface area contributed by atoms with E-state index in [9.17, 15) is 12.8 Å². The number of hydrogen-bond donors (Lipinski definition) is 1. The highest BCUT2D eigenvalue weighted by Gasteiger charge is 2.30. The molecule has 1 aromatic heterocycles. The Morgan fingerprint density at radius 3 is 2.02 bits per heavy atom. The molecule has 49 heavy (non-hydrogen) atoms. The Morgan fingerprint density at radius 2 is 1.43 bits per heavy atom. The molecule has 256 valence electrons. The first-order valence-corrected chi connectivity index (χ1v) is 18.7. The molecular formula is C39H41ClF2N4O2S. The van der Waals surface area contributed by atoms with Crippen LogP contribution in [0.15, 0.2) is 89.8 Å². The number of rotatable bonds is 9. The van der Waals surface area contributed by atoms with Gasteiger partial charge >= 0.3 is 0 Å². The lowest BCUT2D eigenvalue weighted by atomic mass is 9.99. The average Bonchev–Trinajstić information content (AvgIpc) is 3.39. The molecule has 1 saturated heterocycles. The monoisotopic (exact) mass is 702 g/mol. The molecule has 10 heteroatoms. The molecule has 6 rings (SSSR count). The summed E-state index contributed by atoms with van der Waals surface area (Å²) in [6, 6.07) is 25.5. The molecule has 1 fully saturated rings. The number of anilines is 3. The molecule has 0 aliphatic carbocycles. The Labute approximate surface area is 292 Å². The lowest BCUT2D eigenvalue weighted by Gasteiger charge is -2.37. The first kappa shape index (κ1) is 34.5. The van der Waals surface area contributed by atoms with Crippen LogP contribution in [0.25, 0.3) is 22.4 Å². The number of aryl methyl sites for hydroxylation is 1. The molecule has 0 spiro atoms. The Balaban J connectivity index is 1.24. The molecular weight excluding hydrogens is 662 g/mol. The third-order valence-electron chi connectivity index (χ3n) is 9.17. The molecule has 2 heterocycles. The number of nitrogens with one attached hydrogen (secondary N) is 1. The van der Waals surface area contributed by atoms with Crippen LogP contribution in [0.3, 0.4) is 0 Å². The Bertz CT molecular complexity index is 2090.